The number of rotatable bonds is 3. The minimum atomic E-state index is 0.0814. The number of allylic oxidation sites excluding steroid dienone is 1. The molecule has 0 atom stereocenters. The van der Waals surface area contributed by atoms with E-state index in [4.69, 9.17) is 10.4 Å². The maximum absolute atomic E-state index is 8.81. The van der Waals surface area contributed by atoms with Crippen molar-refractivity contribution in [2.45, 2.75) is 6.42 Å². The molecule has 0 aliphatic rings. The van der Waals surface area contributed by atoms with Gasteiger partial charge in [0, 0.05) is 6.61 Å². The highest BCUT2D eigenvalue weighted by Gasteiger charge is 1.97. The Hall–Kier alpha value is -1.59. The zero-order valence-electron chi connectivity index (χ0n) is 7.27. The first-order chi connectivity index (χ1) is 6.38. The molecule has 0 saturated carbocycles. The predicted octanol–water partition coefficient (Wildman–Crippen LogP) is 1.98. The molecule has 0 unspecified atom stereocenters. The second-order valence-corrected chi connectivity index (χ2v) is 2.61. The lowest BCUT2D eigenvalue weighted by molar-refractivity contribution is 0.303. The Morgan fingerprint density at radius 2 is 2.08 bits per heavy atom. The van der Waals surface area contributed by atoms with Crippen LogP contribution in [0, 0.1) is 11.3 Å². The molecule has 2 heteroatoms. The zero-order valence-corrected chi connectivity index (χ0v) is 7.27. The Morgan fingerprint density at radius 1 is 1.38 bits per heavy atom. The van der Waals surface area contributed by atoms with Gasteiger partial charge in [0.2, 0.25) is 0 Å². The molecule has 0 fully saturated rings. The van der Waals surface area contributed by atoms with E-state index in [0.717, 1.165) is 5.56 Å². The molecule has 13 heavy (non-hydrogen) atoms. The summed E-state index contributed by atoms with van der Waals surface area (Å²) in [6.07, 6.45) is 2.27. The van der Waals surface area contributed by atoms with Gasteiger partial charge in [0.25, 0.3) is 0 Å². The molecular formula is C11H11NO. The van der Waals surface area contributed by atoms with Crippen LogP contribution in [-0.2, 0) is 0 Å². The number of hydrogen-bond donors (Lipinski definition) is 1. The molecule has 0 bridgehead atoms. The van der Waals surface area contributed by atoms with Gasteiger partial charge in [-0.25, -0.2) is 0 Å². The van der Waals surface area contributed by atoms with E-state index in [1.54, 1.807) is 6.08 Å². The van der Waals surface area contributed by atoms with Crippen LogP contribution in [-0.4, -0.2) is 11.7 Å². The number of nitrogens with zero attached hydrogens (tertiary/aromatic N) is 1. The fourth-order valence-corrected chi connectivity index (χ4v) is 1.05. The minimum Gasteiger partial charge on any atom is -0.396 e. The fraction of sp³-hybridized carbons (Fsp3) is 0.182. The Labute approximate surface area is 77.8 Å². The average molecular weight is 173 g/mol. The number of hydrogen-bond acceptors (Lipinski definition) is 2. The van der Waals surface area contributed by atoms with Gasteiger partial charge in [-0.15, -0.1) is 0 Å². The summed E-state index contributed by atoms with van der Waals surface area (Å²) in [5.74, 6) is 0. The van der Waals surface area contributed by atoms with E-state index >= 15 is 0 Å². The van der Waals surface area contributed by atoms with Gasteiger partial charge < -0.3 is 5.11 Å². The van der Waals surface area contributed by atoms with Gasteiger partial charge in [-0.1, -0.05) is 36.4 Å². The highest BCUT2D eigenvalue weighted by atomic mass is 16.2. The summed E-state index contributed by atoms with van der Waals surface area (Å²) in [7, 11) is 0. The van der Waals surface area contributed by atoms with Crippen LogP contribution < -0.4 is 0 Å². The molecule has 0 heterocycles. The van der Waals surface area contributed by atoms with Crippen molar-refractivity contribution in [3.05, 3.63) is 42.0 Å². The van der Waals surface area contributed by atoms with Crippen molar-refractivity contribution < 1.29 is 5.11 Å². The Morgan fingerprint density at radius 3 is 2.62 bits per heavy atom. The van der Waals surface area contributed by atoms with E-state index in [2.05, 4.69) is 6.07 Å². The first kappa shape index (κ1) is 9.50. The smallest absolute Gasteiger partial charge is 0.0994 e. The third-order valence-corrected chi connectivity index (χ3v) is 1.68. The molecule has 1 rings (SSSR count). The summed E-state index contributed by atoms with van der Waals surface area (Å²) >= 11 is 0. The van der Waals surface area contributed by atoms with Gasteiger partial charge in [0.1, 0.15) is 0 Å². The Kier molecular flexibility index (Phi) is 3.74. The maximum atomic E-state index is 8.81. The van der Waals surface area contributed by atoms with Crippen LogP contribution in [0.1, 0.15) is 12.0 Å². The number of benzene rings is 1. The molecule has 0 amide bonds. The molecular weight excluding hydrogens is 162 g/mol. The van der Waals surface area contributed by atoms with Crippen molar-refractivity contribution >= 4 is 5.57 Å². The molecule has 1 N–H and O–H groups in total. The molecule has 2 nitrogen and oxygen atoms in total. The van der Waals surface area contributed by atoms with Gasteiger partial charge in [0.15, 0.2) is 0 Å². The van der Waals surface area contributed by atoms with E-state index in [1.165, 1.54) is 0 Å². The van der Waals surface area contributed by atoms with Crippen LogP contribution in [0.4, 0.5) is 0 Å². The molecule has 1 aromatic rings. The standard InChI is InChI=1S/C11H11NO/c12-9-11(7-4-8-13)10-5-2-1-3-6-10/h1-3,5-7,13H,4,8H2/b11-7-. The molecule has 1 aromatic carbocycles. The van der Waals surface area contributed by atoms with Crippen LogP contribution in [0.5, 0.6) is 0 Å². The van der Waals surface area contributed by atoms with Crippen molar-refractivity contribution in [3.63, 3.8) is 0 Å². The molecule has 66 valence electrons. The van der Waals surface area contributed by atoms with Crippen LogP contribution in [0.25, 0.3) is 5.57 Å². The Balaban J connectivity index is 2.87. The number of nitriles is 1. The lowest BCUT2D eigenvalue weighted by Crippen LogP contribution is -1.83. The molecule has 0 radical (unpaired) electrons. The van der Waals surface area contributed by atoms with E-state index in [1.807, 2.05) is 30.3 Å². The number of aliphatic hydroxyl groups is 1. The summed E-state index contributed by atoms with van der Waals surface area (Å²) < 4.78 is 0. The van der Waals surface area contributed by atoms with Crippen LogP contribution in [0.3, 0.4) is 0 Å². The van der Waals surface area contributed by atoms with Crippen molar-refractivity contribution in [2.75, 3.05) is 6.61 Å². The lowest BCUT2D eigenvalue weighted by Gasteiger charge is -1.96. The SMILES string of the molecule is N#C/C(=C/CCO)c1ccccc1. The van der Waals surface area contributed by atoms with Gasteiger partial charge in [-0.2, -0.15) is 5.26 Å². The molecule has 0 aliphatic carbocycles. The van der Waals surface area contributed by atoms with Gasteiger partial charge >= 0.3 is 0 Å². The quantitative estimate of drug-likeness (QED) is 0.710. The highest BCUT2D eigenvalue weighted by Crippen LogP contribution is 2.12. The first-order valence-electron chi connectivity index (χ1n) is 4.15. The van der Waals surface area contributed by atoms with Gasteiger partial charge in [-0.05, 0) is 12.0 Å². The van der Waals surface area contributed by atoms with Crippen LogP contribution >= 0.6 is 0 Å². The third-order valence-electron chi connectivity index (χ3n) is 1.68. The van der Waals surface area contributed by atoms with E-state index in [-0.39, 0.29) is 6.61 Å². The summed E-state index contributed by atoms with van der Waals surface area (Å²) in [6.45, 7) is 0.0814. The Bertz CT molecular complexity index is 322. The maximum Gasteiger partial charge on any atom is 0.0994 e. The second kappa shape index (κ2) is 5.13. The minimum absolute atomic E-state index is 0.0814. The summed E-state index contributed by atoms with van der Waals surface area (Å²) in [5, 5.41) is 17.4. The van der Waals surface area contributed by atoms with E-state index < -0.39 is 0 Å². The summed E-state index contributed by atoms with van der Waals surface area (Å²) in [4.78, 5) is 0. The highest BCUT2D eigenvalue weighted by molar-refractivity contribution is 5.76. The van der Waals surface area contributed by atoms with Crippen molar-refractivity contribution in [3.8, 4) is 6.07 Å². The monoisotopic (exact) mass is 173 g/mol. The topological polar surface area (TPSA) is 44.0 Å². The second-order valence-electron chi connectivity index (χ2n) is 2.61. The van der Waals surface area contributed by atoms with Crippen molar-refractivity contribution in [2.24, 2.45) is 0 Å². The van der Waals surface area contributed by atoms with Crippen LogP contribution in [0.2, 0.25) is 0 Å². The lowest BCUT2D eigenvalue weighted by atomic mass is 10.1. The molecule has 0 saturated heterocycles. The van der Waals surface area contributed by atoms with E-state index in [9.17, 15) is 0 Å². The first-order valence-corrected chi connectivity index (χ1v) is 4.15. The van der Waals surface area contributed by atoms with Gasteiger partial charge in [-0.3, -0.25) is 0 Å². The van der Waals surface area contributed by atoms with Crippen molar-refractivity contribution in [1.82, 2.24) is 0 Å². The van der Waals surface area contributed by atoms with Crippen molar-refractivity contribution in [1.29, 1.82) is 5.26 Å². The van der Waals surface area contributed by atoms with Crippen LogP contribution in [0.15, 0.2) is 36.4 Å². The zero-order chi connectivity index (χ0) is 9.52. The van der Waals surface area contributed by atoms with Gasteiger partial charge in [0.05, 0.1) is 11.6 Å². The molecule has 0 aromatic heterocycles. The molecule has 0 aliphatic heterocycles. The number of aliphatic hydroxyl groups excluding tert-OH is 1. The fourth-order valence-electron chi connectivity index (χ4n) is 1.05. The summed E-state index contributed by atoms with van der Waals surface area (Å²) in [6, 6.07) is 11.5. The predicted molar refractivity (Wildman–Crippen MR) is 51.7 cm³/mol. The third kappa shape index (κ3) is 2.73. The largest absolute Gasteiger partial charge is 0.396 e. The van der Waals surface area contributed by atoms with E-state index in [0.29, 0.717) is 12.0 Å². The molecule has 0 spiro atoms. The summed E-state index contributed by atoms with van der Waals surface area (Å²) in [5.41, 5.74) is 1.52. The normalized spacial score (nSPS) is 10.9. The average Bonchev–Trinajstić information content (AvgIpc) is 2.21.